The molecular formula is C27H37Cl2N3O4S. The summed E-state index contributed by atoms with van der Waals surface area (Å²) in [7, 11) is -3.56. The third-order valence-electron chi connectivity index (χ3n) is 5.65. The van der Waals surface area contributed by atoms with Gasteiger partial charge in [-0.2, -0.15) is 0 Å². The SMILES string of the molecule is Cc1cc(C)cc(N(CCCC(=O)N(Cc2ccc(Cl)c(Cl)c2)[C@H](C)C(=O)NC(C)(C)C)S(C)(=O)=O)c1. The van der Waals surface area contributed by atoms with Crippen molar-refractivity contribution in [2.45, 2.75) is 72.5 Å². The smallest absolute Gasteiger partial charge is 0.242 e. The Labute approximate surface area is 231 Å². The first kappa shape index (κ1) is 30.9. The predicted molar refractivity (Wildman–Crippen MR) is 152 cm³/mol. The molecule has 0 aliphatic rings. The first-order valence-electron chi connectivity index (χ1n) is 12.1. The van der Waals surface area contributed by atoms with Gasteiger partial charge in [0.05, 0.1) is 22.0 Å². The van der Waals surface area contributed by atoms with E-state index in [9.17, 15) is 18.0 Å². The summed E-state index contributed by atoms with van der Waals surface area (Å²) in [6.45, 7) is 11.4. The van der Waals surface area contributed by atoms with Crippen molar-refractivity contribution in [2.24, 2.45) is 0 Å². The van der Waals surface area contributed by atoms with Crippen molar-refractivity contribution >= 4 is 50.7 Å². The van der Waals surface area contributed by atoms with Crippen LogP contribution >= 0.6 is 23.2 Å². The molecule has 2 aromatic carbocycles. The Morgan fingerprint density at radius 3 is 2.11 bits per heavy atom. The summed E-state index contributed by atoms with van der Waals surface area (Å²) in [5, 5.41) is 3.67. The number of benzene rings is 2. The van der Waals surface area contributed by atoms with E-state index in [-0.39, 0.29) is 37.7 Å². The maximum Gasteiger partial charge on any atom is 0.242 e. The van der Waals surface area contributed by atoms with Crippen LogP contribution in [0.15, 0.2) is 36.4 Å². The van der Waals surface area contributed by atoms with Crippen molar-refractivity contribution in [1.82, 2.24) is 10.2 Å². The topological polar surface area (TPSA) is 86.8 Å². The molecule has 0 saturated carbocycles. The Kier molecular flexibility index (Phi) is 10.5. The average Bonchev–Trinajstić information content (AvgIpc) is 2.74. The summed E-state index contributed by atoms with van der Waals surface area (Å²) in [5.74, 6) is -0.551. The summed E-state index contributed by atoms with van der Waals surface area (Å²) in [6, 6.07) is 9.91. The fourth-order valence-electron chi connectivity index (χ4n) is 3.99. The number of hydrogen-bond donors (Lipinski definition) is 1. The van der Waals surface area contributed by atoms with Crippen LogP contribution in [0, 0.1) is 13.8 Å². The van der Waals surface area contributed by atoms with Crippen molar-refractivity contribution in [3.63, 3.8) is 0 Å². The number of amides is 2. The fraction of sp³-hybridized carbons (Fsp3) is 0.481. The Morgan fingerprint density at radius 1 is 1.00 bits per heavy atom. The molecule has 0 bridgehead atoms. The number of nitrogens with one attached hydrogen (secondary N) is 1. The molecule has 1 N–H and O–H groups in total. The normalized spacial score (nSPS) is 12.7. The van der Waals surface area contributed by atoms with E-state index in [1.807, 2.05) is 52.8 Å². The zero-order chi connectivity index (χ0) is 28.1. The molecule has 2 rings (SSSR count). The molecule has 0 aliphatic heterocycles. The van der Waals surface area contributed by atoms with Crippen LogP contribution in [0.4, 0.5) is 5.69 Å². The monoisotopic (exact) mass is 569 g/mol. The molecule has 10 heteroatoms. The number of anilines is 1. The summed E-state index contributed by atoms with van der Waals surface area (Å²) in [4.78, 5) is 27.8. The van der Waals surface area contributed by atoms with Gasteiger partial charge in [0.1, 0.15) is 6.04 Å². The van der Waals surface area contributed by atoms with Gasteiger partial charge in [-0.25, -0.2) is 8.42 Å². The van der Waals surface area contributed by atoms with Gasteiger partial charge >= 0.3 is 0 Å². The van der Waals surface area contributed by atoms with E-state index in [2.05, 4.69) is 5.32 Å². The van der Waals surface area contributed by atoms with Gasteiger partial charge in [-0.3, -0.25) is 13.9 Å². The maximum atomic E-state index is 13.4. The van der Waals surface area contributed by atoms with E-state index in [4.69, 9.17) is 23.2 Å². The lowest BCUT2D eigenvalue weighted by atomic mass is 10.1. The molecule has 1 atom stereocenters. The number of nitrogens with zero attached hydrogens (tertiary/aromatic N) is 2. The van der Waals surface area contributed by atoms with Gasteiger partial charge in [-0.15, -0.1) is 0 Å². The van der Waals surface area contributed by atoms with Crippen molar-refractivity contribution < 1.29 is 18.0 Å². The number of aryl methyl sites for hydroxylation is 2. The molecule has 0 aromatic heterocycles. The van der Waals surface area contributed by atoms with Crippen LogP contribution in [0.5, 0.6) is 0 Å². The van der Waals surface area contributed by atoms with Gasteiger partial charge in [0.15, 0.2) is 0 Å². The van der Waals surface area contributed by atoms with E-state index < -0.39 is 21.6 Å². The summed E-state index contributed by atoms with van der Waals surface area (Å²) in [5.41, 5.74) is 2.73. The second kappa shape index (κ2) is 12.5. The van der Waals surface area contributed by atoms with Crippen LogP contribution in [-0.4, -0.2) is 49.5 Å². The second-order valence-corrected chi connectivity index (χ2v) is 13.2. The van der Waals surface area contributed by atoms with Gasteiger partial charge < -0.3 is 10.2 Å². The second-order valence-electron chi connectivity index (χ2n) is 10.5. The molecule has 0 saturated heterocycles. The molecular weight excluding hydrogens is 533 g/mol. The van der Waals surface area contributed by atoms with Crippen LogP contribution < -0.4 is 9.62 Å². The largest absolute Gasteiger partial charge is 0.350 e. The summed E-state index contributed by atoms with van der Waals surface area (Å²) >= 11 is 12.2. The van der Waals surface area contributed by atoms with Crippen molar-refractivity contribution in [3.8, 4) is 0 Å². The van der Waals surface area contributed by atoms with Gasteiger partial charge in [-0.05, 0) is 88.9 Å². The molecule has 0 radical (unpaired) electrons. The number of hydrogen-bond acceptors (Lipinski definition) is 4. The zero-order valence-corrected chi connectivity index (χ0v) is 24.9. The minimum atomic E-state index is -3.56. The van der Waals surface area contributed by atoms with E-state index in [1.165, 1.54) is 9.21 Å². The van der Waals surface area contributed by atoms with Crippen LogP contribution in [-0.2, 0) is 26.2 Å². The molecule has 204 valence electrons. The van der Waals surface area contributed by atoms with Gasteiger partial charge in [0, 0.05) is 25.0 Å². The van der Waals surface area contributed by atoms with Gasteiger partial charge in [0.25, 0.3) is 0 Å². The molecule has 0 spiro atoms. The zero-order valence-electron chi connectivity index (χ0n) is 22.6. The number of halogens is 2. The van der Waals surface area contributed by atoms with Gasteiger partial charge in [-0.1, -0.05) is 35.3 Å². The van der Waals surface area contributed by atoms with E-state index >= 15 is 0 Å². The third-order valence-corrected chi connectivity index (χ3v) is 7.58. The molecule has 0 heterocycles. The Bertz CT molecular complexity index is 1220. The minimum absolute atomic E-state index is 0.0608. The molecule has 0 aliphatic carbocycles. The van der Waals surface area contributed by atoms with Crippen LogP contribution in [0.25, 0.3) is 0 Å². The van der Waals surface area contributed by atoms with E-state index in [1.54, 1.807) is 25.1 Å². The Hall–Kier alpha value is -2.29. The van der Waals surface area contributed by atoms with Gasteiger partial charge in [0.2, 0.25) is 21.8 Å². The average molecular weight is 571 g/mol. The number of carbonyl (C=O) groups excluding carboxylic acids is 2. The predicted octanol–water partition coefficient (Wildman–Crippen LogP) is 5.49. The van der Waals surface area contributed by atoms with Crippen molar-refractivity contribution in [1.29, 1.82) is 0 Å². The lowest BCUT2D eigenvalue weighted by molar-refractivity contribution is -0.141. The Morgan fingerprint density at radius 2 is 1.59 bits per heavy atom. The highest BCUT2D eigenvalue weighted by molar-refractivity contribution is 7.92. The quantitative estimate of drug-likeness (QED) is 0.410. The molecule has 2 aromatic rings. The van der Waals surface area contributed by atoms with E-state index in [0.29, 0.717) is 15.7 Å². The number of rotatable bonds is 10. The van der Waals surface area contributed by atoms with Crippen LogP contribution in [0.1, 0.15) is 57.2 Å². The lowest BCUT2D eigenvalue weighted by Crippen LogP contribution is -2.52. The highest BCUT2D eigenvalue weighted by Gasteiger charge is 2.29. The van der Waals surface area contributed by atoms with Crippen molar-refractivity contribution in [2.75, 3.05) is 17.1 Å². The molecule has 2 amide bonds. The number of sulfonamides is 1. The third kappa shape index (κ3) is 9.51. The first-order valence-corrected chi connectivity index (χ1v) is 14.7. The minimum Gasteiger partial charge on any atom is -0.350 e. The Balaban J connectivity index is 2.24. The van der Waals surface area contributed by atoms with Crippen LogP contribution in [0.3, 0.4) is 0 Å². The first-order chi connectivity index (χ1) is 17.0. The highest BCUT2D eigenvalue weighted by atomic mass is 35.5. The summed E-state index contributed by atoms with van der Waals surface area (Å²) in [6.07, 6.45) is 1.50. The fourth-order valence-corrected chi connectivity index (χ4v) is 5.26. The summed E-state index contributed by atoms with van der Waals surface area (Å²) < 4.78 is 26.4. The standard InChI is InChI=1S/C27H37Cl2N3O4S/c1-18-13-19(2)15-22(14-18)32(37(7,35)36)12-8-9-25(33)31(20(3)26(34)30-27(4,5)6)17-21-10-11-23(28)24(29)16-21/h10-11,13-16,20H,8-9,12,17H2,1-7H3,(H,30,34)/t20-/m1/s1. The van der Waals surface area contributed by atoms with Crippen LogP contribution in [0.2, 0.25) is 10.0 Å². The molecule has 0 fully saturated rings. The van der Waals surface area contributed by atoms with Crippen molar-refractivity contribution in [3.05, 3.63) is 63.1 Å². The van der Waals surface area contributed by atoms with E-state index in [0.717, 1.165) is 22.9 Å². The molecule has 7 nitrogen and oxygen atoms in total. The molecule has 37 heavy (non-hydrogen) atoms. The highest BCUT2D eigenvalue weighted by Crippen LogP contribution is 2.25. The number of carbonyl (C=O) groups is 2. The lowest BCUT2D eigenvalue weighted by Gasteiger charge is -2.32. The maximum absolute atomic E-state index is 13.4. The molecule has 0 unspecified atom stereocenters.